The van der Waals surface area contributed by atoms with Gasteiger partial charge in [-0.05, 0) is 44.5 Å². The van der Waals surface area contributed by atoms with Crippen molar-refractivity contribution in [3.63, 3.8) is 0 Å². The standard InChI is InChI=1S/C21H27N5O2/c1-5-26(18-8-6-7-15(2)13-18)21-22-16(3)14-19(23-21)20(28)25-11-9-24(10-12-25)17(4)27/h6-8,13-14H,5,9-12H2,1-4H3. The van der Waals surface area contributed by atoms with E-state index in [-0.39, 0.29) is 11.8 Å². The molecule has 7 heteroatoms. The number of anilines is 2. The lowest BCUT2D eigenvalue weighted by Crippen LogP contribution is -2.50. The van der Waals surface area contributed by atoms with Crippen LogP contribution >= 0.6 is 0 Å². The van der Waals surface area contributed by atoms with Crippen LogP contribution in [-0.4, -0.2) is 64.3 Å². The third kappa shape index (κ3) is 4.30. The van der Waals surface area contributed by atoms with Crippen molar-refractivity contribution in [2.24, 2.45) is 0 Å². The molecule has 0 aliphatic carbocycles. The molecule has 0 N–H and O–H groups in total. The summed E-state index contributed by atoms with van der Waals surface area (Å²) in [4.78, 5) is 39.2. The average molecular weight is 381 g/mol. The van der Waals surface area contributed by atoms with E-state index in [1.807, 2.05) is 43.9 Å². The number of hydrogen-bond donors (Lipinski definition) is 0. The van der Waals surface area contributed by atoms with Gasteiger partial charge >= 0.3 is 0 Å². The number of aromatic nitrogens is 2. The van der Waals surface area contributed by atoms with E-state index in [1.165, 1.54) is 0 Å². The van der Waals surface area contributed by atoms with Crippen LogP contribution in [-0.2, 0) is 4.79 Å². The van der Waals surface area contributed by atoms with E-state index >= 15 is 0 Å². The predicted molar refractivity (Wildman–Crippen MR) is 109 cm³/mol. The van der Waals surface area contributed by atoms with Gasteiger partial charge in [0.25, 0.3) is 5.91 Å². The number of carbonyl (C=O) groups is 2. The Balaban J connectivity index is 1.85. The monoisotopic (exact) mass is 381 g/mol. The number of carbonyl (C=O) groups excluding carboxylic acids is 2. The molecule has 1 aromatic heterocycles. The Morgan fingerprint density at radius 2 is 1.71 bits per heavy atom. The molecule has 0 spiro atoms. The molecule has 0 radical (unpaired) electrons. The van der Waals surface area contributed by atoms with Gasteiger partial charge in [0.2, 0.25) is 11.9 Å². The molecule has 0 bridgehead atoms. The smallest absolute Gasteiger partial charge is 0.272 e. The fourth-order valence-corrected chi connectivity index (χ4v) is 3.40. The molecule has 2 amide bonds. The highest BCUT2D eigenvalue weighted by Crippen LogP contribution is 2.23. The summed E-state index contributed by atoms with van der Waals surface area (Å²) in [5.74, 6) is 0.457. The van der Waals surface area contributed by atoms with Gasteiger partial charge in [0.15, 0.2) is 0 Å². The van der Waals surface area contributed by atoms with Crippen molar-refractivity contribution in [1.82, 2.24) is 19.8 Å². The zero-order valence-electron chi connectivity index (χ0n) is 17.0. The van der Waals surface area contributed by atoms with Crippen LogP contribution in [0.2, 0.25) is 0 Å². The van der Waals surface area contributed by atoms with E-state index in [0.29, 0.717) is 44.4 Å². The highest BCUT2D eigenvalue weighted by Gasteiger charge is 2.25. The lowest BCUT2D eigenvalue weighted by molar-refractivity contribution is -0.130. The highest BCUT2D eigenvalue weighted by molar-refractivity contribution is 5.93. The molecule has 7 nitrogen and oxygen atoms in total. The molecule has 2 aromatic rings. The topological polar surface area (TPSA) is 69.6 Å². The Bertz CT molecular complexity index is 875. The van der Waals surface area contributed by atoms with Gasteiger partial charge in [-0.15, -0.1) is 0 Å². The van der Waals surface area contributed by atoms with E-state index in [1.54, 1.807) is 22.8 Å². The molecular weight excluding hydrogens is 354 g/mol. The van der Waals surface area contributed by atoms with Crippen molar-refractivity contribution in [3.05, 3.63) is 47.3 Å². The Labute approximate surface area is 166 Å². The van der Waals surface area contributed by atoms with Gasteiger partial charge in [-0.3, -0.25) is 9.59 Å². The number of nitrogens with zero attached hydrogens (tertiary/aromatic N) is 5. The average Bonchev–Trinajstić information content (AvgIpc) is 2.68. The van der Waals surface area contributed by atoms with Crippen LogP contribution in [0.5, 0.6) is 0 Å². The summed E-state index contributed by atoms with van der Waals surface area (Å²) in [7, 11) is 0. The van der Waals surface area contributed by atoms with E-state index < -0.39 is 0 Å². The van der Waals surface area contributed by atoms with Crippen LogP contribution in [0.3, 0.4) is 0 Å². The zero-order valence-corrected chi connectivity index (χ0v) is 17.0. The SMILES string of the molecule is CCN(c1cccc(C)c1)c1nc(C)cc(C(=O)N2CCN(C(C)=O)CC2)n1. The van der Waals surface area contributed by atoms with Crippen LogP contribution in [0, 0.1) is 13.8 Å². The molecule has 0 atom stereocenters. The van der Waals surface area contributed by atoms with Gasteiger partial charge in [-0.1, -0.05) is 12.1 Å². The van der Waals surface area contributed by atoms with E-state index in [4.69, 9.17) is 0 Å². The van der Waals surface area contributed by atoms with Gasteiger partial charge in [0.1, 0.15) is 5.69 Å². The van der Waals surface area contributed by atoms with Crippen molar-refractivity contribution in [1.29, 1.82) is 0 Å². The van der Waals surface area contributed by atoms with Crippen LogP contribution in [0.15, 0.2) is 30.3 Å². The molecule has 0 saturated carbocycles. The van der Waals surface area contributed by atoms with Gasteiger partial charge < -0.3 is 14.7 Å². The maximum atomic E-state index is 13.0. The highest BCUT2D eigenvalue weighted by atomic mass is 16.2. The third-order valence-corrected chi connectivity index (χ3v) is 4.94. The zero-order chi connectivity index (χ0) is 20.3. The maximum absolute atomic E-state index is 13.0. The second-order valence-corrected chi connectivity index (χ2v) is 7.08. The van der Waals surface area contributed by atoms with Gasteiger partial charge in [-0.25, -0.2) is 9.97 Å². The molecule has 1 aromatic carbocycles. The summed E-state index contributed by atoms with van der Waals surface area (Å²) >= 11 is 0. The first kappa shape index (κ1) is 19.8. The lowest BCUT2D eigenvalue weighted by atomic mass is 10.2. The summed E-state index contributed by atoms with van der Waals surface area (Å²) in [6.45, 7) is 10.4. The van der Waals surface area contributed by atoms with Crippen molar-refractivity contribution < 1.29 is 9.59 Å². The normalized spacial score (nSPS) is 14.1. The van der Waals surface area contributed by atoms with E-state index in [2.05, 4.69) is 16.0 Å². The van der Waals surface area contributed by atoms with Crippen LogP contribution < -0.4 is 4.90 Å². The minimum atomic E-state index is -0.116. The molecule has 0 unspecified atom stereocenters. The van der Waals surface area contributed by atoms with Crippen molar-refractivity contribution in [3.8, 4) is 0 Å². The molecule has 3 rings (SSSR count). The summed E-state index contributed by atoms with van der Waals surface area (Å²) in [6, 6.07) is 9.88. The largest absolute Gasteiger partial charge is 0.339 e. The number of benzene rings is 1. The summed E-state index contributed by atoms with van der Waals surface area (Å²) in [6.07, 6.45) is 0. The van der Waals surface area contributed by atoms with E-state index in [9.17, 15) is 9.59 Å². The predicted octanol–water partition coefficient (Wildman–Crippen LogP) is 2.56. The number of piperazine rings is 1. The Morgan fingerprint density at radius 1 is 1.04 bits per heavy atom. The first-order valence-electron chi connectivity index (χ1n) is 9.63. The summed E-state index contributed by atoms with van der Waals surface area (Å²) in [5.41, 5.74) is 3.30. The van der Waals surface area contributed by atoms with E-state index in [0.717, 1.165) is 16.9 Å². The molecule has 148 valence electrons. The minimum absolute atomic E-state index is 0.0454. The lowest BCUT2D eigenvalue weighted by Gasteiger charge is -2.34. The molecule has 1 saturated heterocycles. The minimum Gasteiger partial charge on any atom is -0.339 e. The fraction of sp³-hybridized carbons (Fsp3) is 0.429. The quantitative estimate of drug-likeness (QED) is 0.814. The van der Waals surface area contributed by atoms with Crippen LogP contribution in [0.4, 0.5) is 11.6 Å². The molecule has 28 heavy (non-hydrogen) atoms. The van der Waals surface area contributed by atoms with Gasteiger partial charge in [0, 0.05) is 51.0 Å². The molecular formula is C21H27N5O2. The van der Waals surface area contributed by atoms with Crippen molar-refractivity contribution in [2.45, 2.75) is 27.7 Å². The second kappa shape index (κ2) is 8.37. The molecule has 1 fully saturated rings. The van der Waals surface area contributed by atoms with Crippen LogP contribution in [0.25, 0.3) is 0 Å². The third-order valence-electron chi connectivity index (χ3n) is 4.94. The number of amides is 2. The Morgan fingerprint density at radius 3 is 2.32 bits per heavy atom. The molecule has 1 aliphatic heterocycles. The Kier molecular flexibility index (Phi) is 5.92. The maximum Gasteiger partial charge on any atom is 0.272 e. The number of aryl methyl sites for hydroxylation is 2. The first-order chi connectivity index (χ1) is 13.4. The summed E-state index contributed by atoms with van der Waals surface area (Å²) in [5, 5.41) is 0. The molecule has 1 aliphatic rings. The first-order valence-corrected chi connectivity index (χ1v) is 9.63. The van der Waals surface area contributed by atoms with Gasteiger partial charge in [-0.2, -0.15) is 0 Å². The number of rotatable bonds is 4. The molecule has 2 heterocycles. The van der Waals surface area contributed by atoms with Crippen molar-refractivity contribution in [2.75, 3.05) is 37.6 Å². The number of hydrogen-bond acceptors (Lipinski definition) is 5. The fourth-order valence-electron chi connectivity index (χ4n) is 3.40. The van der Waals surface area contributed by atoms with Gasteiger partial charge in [0.05, 0.1) is 0 Å². The Hall–Kier alpha value is -2.96. The summed E-state index contributed by atoms with van der Waals surface area (Å²) < 4.78 is 0. The second-order valence-electron chi connectivity index (χ2n) is 7.08. The van der Waals surface area contributed by atoms with Crippen LogP contribution in [0.1, 0.15) is 35.6 Å². The van der Waals surface area contributed by atoms with Crippen molar-refractivity contribution >= 4 is 23.5 Å².